The van der Waals surface area contributed by atoms with Gasteiger partial charge in [-0.1, -0.05) is 54.3 Å². The lowest BCUT2D eigenvalue weighted by atomic mass is 9.73. The zero-order valence-corrected chi connectivity index (χ0v) is 17.0. The topological polar surface area (TPSA) is 38.9 Å². The molecule has 2 fully saturated rings. The smallest absolute Gasteiger partial charge is 0.0621 e. The summed E-state index contributed by atoms with van der Waals surface area (Å²) in [4.78, 5) is 4.59. The quantitative estimate of drug-likeness (QED) is 0.713. The molecule has 2 nitrogen and oxygen atoms in total. The second kappa shape index (κ2) is 8.32. The summed E-state index contributed by atoms with van der Waals surface area (Å²) in [6.45, 7) is 2.16. The van der Waals surface area contributed by atoms with Gasteiger partial charge in [0.25, 0.3) is 0 Å². The highest BCUT2D eigenvalue weighted by Gasteiger charge is 2.40. The summed E-state index contributed by atoms with van der Waals surface area (Å²) in [5.41, 5.74) is 10.2. The van der Waals surface area contributed by atoms with E-state index in [1.807, 2.05) is 18.3 Å². The molecule has 5 atom stereocenters. The van der Waals surface area contributed by atoms with E-state index in [1.165, 1.54) is 49.7 Å². The highest BCUT2D eigenvalue weighted by molar-refractivity contribution is 6.31. The fourth-order valence-electron chi connectivity index (χ4n) is 5.55. The fraction of sp³-hybridized carbons (Fsp3) is 0.542. The van der Waals surface area contributed by atoms with Crippen molar-refractivity contribution in [1.82, 2.24) is 4.98 Å². The summed E-state index contributed by atoms with van der Waals surface area (Å²) in [5, 5.41) is 0.815. The lowest BCUT2D eigenvalue weighted by Gasteiger charge is -2.34. The van der Waals surface area contributed by atoms with Crippen LogP contribution in [0.15, 0.2) is 42.6 Å². The van der Waals surface area contributed by atoms with E-state index in [9.17, 15) is 0 Å². The Labute approximate surface area is 168 Å². The third-order valence-electron chi connectivity index (χ3n) is 6.95. The molecule has 2 N–H and O–H groups in total. The number of hydrogen-bond donors (Lipinski definition) is 1. The number of benzene rings is 1. The van der Waals surface area contributed by atoms with Gasteiger partial charge in [0.2, 0.25) is 0 Å². The summed E-state index contributed by atoms with van der Waals surface area (Å²) in [6.07, 6.45) is 10.4. The van der Waals surface area contributed by atoms with E-state index in [0.717, 1.165) is 29.0 Å². The second-order valence-electron chi connectivity index (χ2n) is 8.83. The number of nitrogens with two attached hydrogens (primary N) is 1. The van der Waals surface area contributed by atoms with Crippen LogP contribution in [0.4, 0.5) is 0 Å². The molecule has 1 aromatic heterocycles. The number of nitrogens with zero attached hydrogens (tertiary/aromatic N) is 1. The maximum atomic E-state index is 6.45. The zero-order valence-electron chi connectivity index (χ0n) is 16.3. The highest BCUT2D eigenvalue weighted by atomic mass is 35.5. The highest BCUT2D eigenvalue weighted by Crippen LogP contribution is 2.50. The molecule has 1 heterocycles. The summed E-state index contributed by atoms with van der Waals surface area (Å²) in [5.74, 6) is 2.80. The Morgan fingerprint density at radius 1 is 1.07 bits per heavy atom. The average molecular weight is 383 g/mol. The maximum Gasteiger partial charge on any atom is 0.0621 e. The Hall–Kier alpha value is -1.38. The van der Waals surface area contributed by atoms with E-state index in [-0.39, 0.29) is 0 Å². The van der Waals surface area contributed by atoms with Gasteiger partial charge in [-0.25, -0.2) is 0 Å². The molecule has 2 aliphatic carbocycles. The van der Waals surface area contributed by atoms with E-state index in [2.05, 4.69) is 36.2 Å². The third-order valence-corrected chi connectivity index (χ3v) is 7.29. The van der Waals surface area contributed by atoms with Gasteiger partial charge in [-0.2, -0.15) is 0 Å². The van der Waals surface area contributed by atoms with Gasteiger partial charge >= 0.3 is 0 Å². The molecule has 27 heavy (non-hydrogen) atoms. The van der Waals surface area contributed by atoms with Gasteiger partial charge in [-0.3, -0.25) is 4.98 Å². The monoisotopic (exact) mass is 382 g/mol. The van der Waals surface area contributed by atoms with Crippen LogP contribution in [0.2, 0.25) is 5.02 Å². The van der Waals surface area contributed by atoms with Crippen LogP contribution in [0.5, 0.6) is 0 Å². The second-order valence-corrected chi connectivity index (χ2v) is 9.23. The number of aromatic nitrogens is 1. The van der Waals surface area contributed by atoms with Crippen molar-refractivity contribution < 1.29 is 0 Å². The first-order chi connectivity index (χ1) is 13.1. The van der Waals surface area contributed by atoms with Crippen LogP contribution in [-0.2, 0) is 6.42 Å². The molecule has 0 radical (unpaired) electrons. The number of rotatable bonds is 4. The summed E-state index contributed by atoms with van der Waals surface area (Å²) in [7, 11) is 0. The van der Waals surface area contributed by atoms with Crippen molar-refractivity contribution in [2.45, 2.75) is 63.8 Å². The predicted molar refractivity (Wildman–Crippen MR) is 113 cm³/mol. The molecular formula is C24H31ClN2. The normalized spacial score (nSPS) is 31.1. The minimum Gasteiger partial charge on any atom is -0.328 e. The Kier molecular flexibility index (Phi) is 5.85. The first-order valence-corrected chi connectivity index (χ1v) is 10.9. The standard InChI is InChI=1S/C24H31ClN2/c1-16-7-9-17(10-8-16)19-12-20(15-24-23(25)6-3-11-27-24)22(14-19)18-4-2-5-21(26)13-18/h3,6-11,18-22H,2,4-5,12-15,26H2,1H3. The Morgan fingerprint density at radius 2 is 1.89 bits per heavy atom. The van der Waals surface area contributed by atoms with E-state index >= 15 is 0 Å². The molecule has 4 rings (SSSR count). The van der Waals surface area contributed by atoms with Crippen molar-refractivity contribution in [3.05, 3.63) is 64.4 Å². The van der Waals surface area contributed by atoms with Crippen molar-refractivity contribution in [2.24, 2.45) is 23.5 Å². The van der Waals surface area contributed by atoms with Gasteiger partial charge in [0, 0.05) is 12.2 Å². The van der Waals surface area contributed by atoms with Crippen molar-refractivity contribution in [3.63, 3.8) is 0 Å². The zero-order chi connectivity index (χ0) is 18.8. The van der Waals surface area contributed by atoms with E-state index < -0.39 is 0 Å². The molecule has 2 saturated carbocycles. The van der Waals surface area contributed by atoms with Crippen LogP contribution in [-0.4, -0.2) is 11.0 Å². The van der Waals surface area contributed by atoms with Crippen molar-refractivity contribution >= 4 is 11.6 Å². The molecule has 2 aromatic rings. The first-order valence-electron chi connectivity index (χ1n) is 10.5. The van der Waals surface area contributed by atoms with Crippen molar-refractivity contribution in [3.8, 4) is 0 Å². The minimum absolute atomic E-state index is 0.390. The van der Waals surface area contributed by atoms with Gasteiger partial charge in [0.05, 0.1) is 10.7 Å². The molecular weight excluding hydrogens is 352 g/mol. The van der Waals surface area contributed by atoms with E-state index in [1.54, 1.807) is 0 Å². The van der Waals surface area contributed by atoms with Crippen LogP contribution < -0.4 is 5.73 Å². The predicted octanol–water partition coefficient (Wildman–Crippen LogP) is 5.91. The van der Waals surface area contributed by atoms with Gasteiger partial charge in [-0.15, -0.1) is 0 Å². The molecule has 144 valence electrons. The largest absolute Gasteiger partial charge is 0.328 e. The Balaban J connectivity index is 1.56. The summed E-state index contributed by atoms with van der Waals surface area (Å²) >= 11 is 6.45. The molecule has 1 aromatic carbocycles. The van der Waals surface area contributed by atoms with Crippen LogP contribution >= 0.6 is 11.6 Å². The molecule has 0 aliphatic heterocycles. The van der Waals surface area contributed by atoms with Crippen LogP contribution in [0.3, 0.4) is 0 Å². The Morgan fingerprint density at radius 3 is 2.63 bits per heavy atom. The van der Waals surface area contributed by atoms with Gasteiger partial charge in [-0.05, 0) is 80.4 Å². The maximum absolute atomic E-state index is 6.45. The van der Waals surface area contributed by atoms with Crippen LogP contribution in [0.1, 0.15) is 61.3 Å². The van der Waals surface area contributed by atoms with Gasteiger partial charge in [0.15, 0.2) is 0 Å². The molecule has 2 aliphatic rings. The number of halogens is 1. The van der Waals surface area contributed by atoms with Crippen LogP contribution in [0.25, 0.3) is 0 Å². The van der Waals surface area contributed by atoms with Crippen LogP contribution in [0, 0.1) is 24.7 Å². The molecule has 3 heteroatoms. The van der Waals surface area contributed by atoms with Gasteiger partial charge < -0.3 is 5.73 Å². The Bertz CT molecular complexity index is 757. The van der Waals surface area contributed by atoms with Gasteiger partial charge in [0.1, 0.15) is 0 Å². The third kappa shape index (κ3) is 4.38. The molecule has 0 saturated heterocycles. The fourth-order valence-corrected chi connectivity index (χ4v) is 5.75. The lowest BCUT2D eigenvalue weighted by molar-refractivity contribution is 0.187. The van der Waals surface area contributed by atoms with E-state index in [0.29, 0.717) is 17.9 Å². The SMILES string of the molecule is Cc1ccc(C2CC(Cc3ncccc3Cl)C(C3CCCC(N)C3)C2)cc1. The summed E-state index contributed by atoms with van der Waals surface area (Å²) < 4.78 is 0. The number of pyridine rings is 1. The first kappa shape index (κ1) is 19.0. The number of aryl methyl sites for hydroxylation is 1. The van der Waals surface area contributed by atoms with E-state index in [4.69, 9.17) is 17.3 Å². The number of hydrogen-bond acceptors (Lipinski definition) is 2. The molecule has 5 unspecified atom stereocenters. The average Bonchev–Trinajstić information content (AvgIpc) is 3.08. The lowest BCUT2D eigenvalue weighted by Crippen LogP contribution is -2.33. The van der Waals surface area contributed by atoms with Crippen molar-refractivity contribution in [1.29, 1.82) is 0 Å². The molecule has 0 amide bonds. The minimum atomic E-state index is 0.390. The molecule has 0 spiro atoms. The molecule has 0 bridgehead atoms. The summed E-state index contributed by atoms with van der Waals surface area (Å²) in [6, 6.07) is 13.5. The van der Waals surface area contributed by atoms with Crippen molar-refractivity contribution in [2.75, 3.05) is 0 Å².